The molecule has 0 heterocycles. The van der Waals surface area contributed by atoms with Crippen molar-refractivity contribution in [1.82, 2.24) is 9.80 Å². The van der Waals surface area contributed by atoms with Crippen molar-refractivity contribution < 1.29 is 19.1 Å². The fourth-order valence-corrected chi connectivity index (χ4v) is 2.80. The van der Waals surface area contributed by atoms with Crippen molar-refractivity contribution in [3.8, 4) is 5.75 Å². The van der Waals surface area contributed by atoms with Crippen LogP contribution in [0.1, 0.15) is 22.8 Å². The van der Waals surface area contributed by atoms with E-state index in [0.29, 0.717) is 23.0 Å². The molecule has 160 valence electrons. The van der Waals surface area contributed by atoms with Crippen molar-refractivity contribution >= 4 is 35.0 Å². The Hall–Kier alpha value is -3.06. The highest BCUT2D eigenvalue weighted by Gasteiger charge is 2.21. The number of rotatable bonds is 8. The topological polar surface area (TPSA) is 79.0 Å². The number of carbonyl (C=O) groups excluding carboxylic acids is 3. The molecule has 3 amide bonds. The maximum atomic E-state index is 13.0. The Kier molecular flexibility index (Phi) is 8.24. The van der Waals surface area contributed by atoms with Gasteiger partial charge >= 0.3 is 0 Å². The normalized spacial score (nSPS) is 10.3. The minimum atomic E-state index is -0.358. The lowest BCUT2D eigenvalue weighted by Gasteiger charge is -2.22. The fourth-order valence-electron chi connectivity index (χ4n) is 2.63. The first-order valence-electron chi connectivity index (χ1n) is 9.50. The molecular formula is C22H26ClN3O4. The van der Waals surface area contributed by atoms with Crippen molar-refractivity contribution in [2.45, 2.75) is 13.8 Å². The van der Waals surface area contributed by atoms with Crippen molar-refractivity contribution in [2.75, 3.05) is 39.1 Å². The number of anilines is 1. The number of aryl methyl sites for hydroxylation is 1. The molecule has 0 aromatic heterocycles. The van der Waals surface area contributed by atoms with Gasteiger partial charge in [0, 0.05) is 31.4 Å². The maximum absolute atomic E-state index is 13.0. The number of likely N-dealkylation sites (N-methyl/N-ethyl adjacent to an activating group) is 2. The Morgan fingerprint density at radius 1 is 1.10 bits per heavy atom. The molecule has 0 fully saturated rings. The van der Waals surface area contributed by atoms with E-state index in [1.54, 1.807) is 57.4 Å². The number of amides is 3. The molecule has 0 spiro atoms. The first-order chi connectivity index (χ1) is 14.2. The predicted octanol–water partition coefficient (Wildman–Crippen LogP) is 3.22. The third-order valence-electron chi connectivity index (χ3n) is 4.44. The summed E-state index contributed by atoms with van der Waals surface area (Å²) in [6.45, 7) is 3.65. The summed E-state index contributed by atoms with van der Waals surface area (Å²) in [6, 6.07) is 11.9. The van der Waals surface area contributed by atoms with Gasteiger partial charge in [0.05, 0.1) is 5.56 Å². The van der Waals surface area contributed by atoms with Crippen LogP contribution in [0.2, 0.25) is 5.02 Å². The summed E-state index contributed by atoms with van der Waals surface area (Å²) in [6.07, 6.45) is 0. The second kappa shape index (κ2) is 10.6. The average Bonchev–Trinajstić information content (AvgIpc) is 2.72. The largest absolute Gasteiger partial charge is 0.483 e. The van der Waals surface area contributed by atoms with Crippen molar-refractivity contribution in [3.05, 3.63) is 58.6 Å². The molecule has 0 aliphatic carbocycles. The Morgan fingerprint density at radius 3 is 2.47 bits per heavy atom. The van der Waals surface area contributed by atoms with E-state index in [1.165, 1.54) is 9.80 Å². The molecule has 8 heteroatoms. The second-order valence-electron chi connectivity index (χ2n) is 6.90. The summed E-state index contributed by atoms with van der Waals surface area (Å²) in [5, 5.41) is 3.30. The van der Waals surface area contributed by atoms with Gasteiger partial charge in [-0.15, -0.1) is 0 Å². The molecule has 0 radical (unpaired) electrons. The second-order valence-corrected chi connectivity index (χ2v) is 7.34. The van der Waals surface area contributed by atoms with E-state index in [9.17, 15) is 14.4 Å². The highest BCUT2D eigenvalue weighted by molar-refractivity contribution is 6.31. The SMILES string of the molecule is CCN(CC(=O)Nc1cc(Cl)ccc1C)C(=O)c1ccccc1OCC(=O)N(C)C. The van der Waals surface area contributed by atoms with E-state index in [1.807, 2.05) is 13.0 Å². The van der Waals surface area contributed by atoms with Gasteiger partial charge in [-0.25, -0.2) is 0 Å². The summed E-state index contributed by atoms with van der Waals surface area (Å²) in [5.74, 6) is -0.622. The van der Waals surface area contributed by atoms with Crippen molar-refractivity contribution in [1.29, 1.82) is 0 Å². The van der Waals surface area contributed by atoms with Crippen LogP contribution in [-0.2, 0) is 9.59 Å². The van der Waals surface area contributed by atoms with Crippen LogP contribution in [0.15, 0.2) is 42.5 Å². The highest BCUT2D eigenvalue weighted by atomic mass is 35.5. The van der Waals surface area contributed by atoms with Crippen molar-refractivity contribution in [2.24, 2.45) is 0 Å². The number of carbonyl (C=O) groups is 3. The lowest BCUT2D eigenvalue weighted by atomic mass is 10.1. The van der Waals surface area contributed by atoms with Crippen LogP contribution >= 0.6 is 11.6 Å². The Morgan fingerprint density at radius 2 is 1.80 bits per heavy atom. The van der Waals surface area contributed by atoms with Crippen LogP contribution in [0.25, 0.3) is 0 Å². The predicted molar refractivity (Wildman–Crippen MR) is 117 cm³/mol. The number of halogens is 1. The number of hydrogen-bond acceptors (Lipinski definition) is 4. The van der Waals surface area contributed by atoms with Gasteiger partial charge in [-0.2, -0.15) is 0 Å². The van der Waals surface area contributed by atoms with Gasteiger partial charge in [-0.1, -0.05) is 29.8 Å². The third-order valence-corrected chi connectivity index (χ3v) is 4.68. The summed E-state index contributed by atoms with van der Waals surface area (Å²) < 4.78 is 5.55. The van der Waals surface area contributed by atoms with Crippen LogP contribution in [0, 0.1) is 6.92 Å². The summed E-state index contributed by atoms with van der Waals surface area (Å²) in [4.78, 5) is 40.2. The van der Waals surface area contributed by atoms with Gasteiger partial charge in [-0.3, -0.25) is 14.4 Å². The molecule has 7 nitrogen and oxygen atoms in total. The molecule has 0 bridgehead atoms. The van der Waals surface area contributed by atoms with Crippen LogP contribution in [0.3, 0.4) is 0 Å². The third kappa shape index (κ3) is 6.22. The lowest BCUT2D eigenvalue weighted by Crippen LogP contribution is -2.38. The Labute approximate surface area is 181 Å². The van der Waals surface area contributed by atoms with Gasteiger partial charge in [0.2, 0.25) is 5.91 Å². The van der Waals surface area contributed by atoms with Gasteiger partial charge < -0.3 is 19.9 Å². The molecule has 0 aliphatic rings. The first-order valence-corrected chi connectivity index (χ1v) is 9.88. The molecule has 0 unspecified atom stereocenters. The van der Waals surface area contributed by atoms with Crippen LogP contribution in [0.4, 0.5) is 5.69 Å². The quantitative estimate of drug-likeness (QED) is 0.696. The smallest absolute Gasteiger partial charge is 0.259 e. The molecule has 0 aliphatic heterocycles. The minimum absolute atomic E-state index is 0.133. The van der Waals surface area contributed by atoms with E-state index >= 15 is 0 Å². The zero-order valence-corrected chi connectivity index (χ0v) is 18.3. The number of para-hydroxylation sites is 1. The summed E-state index contributed by atoms with van der Waals surface area (Å²) in [5.41, 5.74) is 1.76. The summed E-state index contributed by atoms with van der Waals surface area (Å²) >= 11 is 6.00. The van der Waals surface area contributed by atoms with Gasteiger partial charge in [-0.05, 0) is 43.7 Å². The zero-order chi connectivity index (χ0) is 22.3. The van der Waals surface area contributed by atoms with Crippen LogP contribution < -0.4 is 10.1 Å². The Balaban J connectivity index is 2.11. The first kappa shape index (κ1) is 23.2. The summed E-state index contributed by atoms with van der Waals surface area (Å²) in [7, 11) is 3.25. The number of ether oxygens (including phenoxy) is 1. The highest BCUT2D eigenvalue weighted by Crippen LogP contribution is 2.22. The van der Waals surface area contributed by atoms with Crippen LogP contribution in [0.5, 0.6) is 5.75 Å². The number of hydrogen-bond donors (Lipinski definition) is 1. The number of nitrogens with one attached hydrogen (secondary N) is 1. The standard InChI is InChI=1S/C22H26ClN3O4/c1-5-26(13-20(27)24-18-12-16(23)11-10-15(18)2)22(29)17-8-6-7-9-19(17)30-14-21(28)25(3)4/h6-12H,5,13-14H2,1-4H3,(H,24,27). The minimum Gasteiger partial charge on any atom is -0.483 e. The monoisotopic (exact) mass is 431 g/mol. The van der Waals surface area contributed by atoms with Crippen molar-refractivity contribution in [3.63, 3.8) is 0 Å². The van der Waals surface area contributed by atoms with Gasteiger partial charge in [0.1, 0.15) is 12.3 Å². The molecule has 0 saturated carbocycles. The fraction of sp³-hybridized carbons (Fsp3) is 0.318. The molecule has 0 saturated heterocycles. The average molecular weight is 432 g/mol. The molecular weight excluding hydrogens is 406 g/mol. The van der Waals surface area contributed by atoms with E-state index in [0.717, 1.165) is 5.56 Å². The number of benzene rings is 2. The molecule has 0 atom stereocenters. The molecule has 30 heavy (non-hydrogen) atoms. The maximum Gasteiger partial charge on any atom is 0.259 e. The zero-order valence-electron chi connectivity index (χ0n) is 17.6. The Bertz CT molecular complexity index is 930. The lowest BCUT2D eigenvalue weighted by molar-refractivity contribution is -0.130. The van der Waals surface area contributed by atoms with E-state index in [-0.39, 0.29) is 36.4 Å². The molecule has 2 rings (SSSR count). The van der Waals surface area contributed by atoms with E-state index < -0.39 is 0 Å². The van der Waals surface area contributed by atoms with Gasteiger partial charge in [0.15, 0.2) is 6.61 Å². The van der Waals surface area contributed by atoms with Crippen LogP contribution in [-0.4, -0.2) is 61.3 Å². The number of nitrogens with zero attached hydrogens (tertiary/aromatic N) is 2. The van der Waals surface area contributed by atoms with Gasteiger partial charge in [0.25, 0.3) is 11.8 Å². The molecule has 2 aromatic carbocycles. The van der Waals surface area contributed by atoms with E-state index in [2.05, 4.69) is 5.32 Å². The molecule has 1 N–H and O–H groups in total. The molecule has 2 aromatic rings. The van der Waals surface area contributed by atoms with E-state index in [4.69, 9.17) is 16.3 Å².